The Morgan fingerprint density at radius 1 is 1.44 bits per heavy atom. The highest BCUT2D eigenvalue weighted by Gasteiger charge is 2.34. The van der Waals surface area contributed by atoms with E-state index in [1.54, 1.807) is 7.11 Å². The summed E-state index contributed by atoms with van der Waals surface area (Å²) in [6.45, 7) is 5.52. The van der Waals surface area contributed by atoms with Gasteiger partial charge in [0.25, 0.3) is 0 Å². The molecule has 1 saturated carbocycles. The van der Waals surface area contributed by atoms with Gasteiger partial charge in [-0.2, -0.15) is 0 Å². The first-order valence-corrected chi connectivity index (χ1v) is 5.84. The normalized spacial score (nSPS) is 20.3. The van der Waals surface area contributed by atoms with Crippen molar-refractivity contribution < 1.29 is 14.3 Å². The van der Waals surface area contributed by atoms with Gasteiger partial charge >= 0.3 is 5.97 Å². The van der Waals surface area contributed by atoms with E-state index in [0.29, 0.717) is 12.3 Å². The summed E-state index contributed by atoms with van der Waals surface area (Å²) in [7, 11) is 1.67. The number of nitrogens with two attached hydrogens (primary N) is 1. The Bertz CT molecular complexity index is 243. The SMILES string of the molecule is COC(CC(N)C(=O)OC(C)(C)C)C1CC1. The number of hydrogen-bond donors (Lipinski definition) is 1. The van der Waals surface area contributed by atoms with Crippen molar-refractivity contribution in [3.05, 3.63) is 0 Å². The minimum Gasteiger partial charge on any atom is -0.459 e. The van der Waals surface area contributed by atoms with Crippen LogP contribution < -0.4 is 5.73 Å². The van der Waals surface area contributed by atoms with Crippen LogP contribution in [0.15, 0.2) is 0 Å². The molecule has 2 atom stereocenters. The second kappa shape index (κ2) is 5.15. The van der Waals surface area contributed by atoms with Crippen molar-refractivity contribution in [2.45, 2.75) is 57.8 Å². The van der Waals surface area contributed by atoms with Gasteiger partial charge in [-0.1, -0.05) is 0 Å². The standard InChI is InChI=1S/C12H23NO3/c1-12(2,3)16-11(14)9(13)7-10(15-4)8-5-6-8/h8-10H,5-7,13H2,1-4H3. The molecule has 0 spiro atoms. The molecule has 0 aromatic heterocycles. The molecule has 0 aliphatic heterocycles. The van der Waals surface area contributed by atoms with Crippen LogP contribution in [0.3, 0.4) is 0 Å². The molecular weight excluding hydrogens is 206 g/mol. The molecule has 0 aromatic rings. The van der Waals surface area contributed by atoms with Crippen molar-refractivity contribution in [3.63, 3.8) is 0 Å². The summed E-state index contributed by atoms with van der Waals surface area (Å²) in [6.07, 6.45) is 3.01. The van der Waals surface area contributed by atoms with Crippen molar-refractivity contribution >= 4 is 5.97 Å². The lowest BCUT2D eigenvalue weighted by molar-refractivity contribution is -0.157. The average molecular weight is 229 g/mol. The second-order valence-electron chi connectivity index (χ2n) is 5.49. The maximum Gasteiger partial charge on any atom is 0.323 e. The minimum absolute atomic E-state index is 0.0996. The molecule has 0 heterocycles. The van der Waals surface area contributed by atoms with Crippen LogP contribution in [0, 0.1) is 5.92 Å². The van der Waals surface area contributed by atoms with Crippen LogP contribution in [0.2, 0.25) is 0 Å². The summed E-state index contributed by atoms with van der Waals surface area (Å²) in [5.74, 6) is 0.244. The van der Waals surface area contributed by atoms with Crippen LogP contribution >= 0.6 is 0 Å². The number of hydrogen-bond acceptors (Lipinski definition) is 4. The van der Waals surface area contributed by atoms with E-state index in [9.17, 15) is 4.79 Å². The van der Waals surface area contributed by atoms with E-state index < -0.39 is 11.6 Å². The number of rotatable bonds is 5. The second-order valence-corrected chi connectivity index (χ2v) is 5.49. The lowest BCUT2D eigenvalue weighted by Gasteiger charge is -2.24. The Balaban J connectivity index is 2.38. The van der Waals surface area contributed by atoms with Crippen LogP contribution in [0.5, 0.6) is 0 Å². The monoisotopic (exact) mass is 229 g/mol. The number of methoxy groups -OCH3 is 1. The lowest BCUT2D eigenvalue weighted by atomic mass is 10.1. The van der Waals surface area contributed by atoms with Gasteiger partial charge in [0.1, 0.15) is 11.6 Å². The molecule has 0 amide bonds. The van der Waals surface area contributed by atoms with Crippen molar-refractivity contribution in [1.29, 1.82) is 0 Å². The van der Waals surface area contributed by atoms with Crippen molar-refractivity contribution in [2.75, 3.05) is 7.11 Å². The van der Waals surface area contributed by atoms with Crippen molar-refractivity contribution in [2.24, 2.45) is 11.7 Å². The van der Waals surface area contributed by atoms with Gasteiger partial charge in [0.05, 0.1) is 6.10 Å². The van der Waals surface area contributed by atoms with Gasteiger partial charge in [-0.25, -0.2) is 0 Å². The molecule has 0 saturated heterocycles. The zero-order valence-electron chi connectivity index (χ0n) is 10.7. The Labute approximate surface area is 97.5 Å². The Morgan fingerprint density at radius 3 is 2.38 bits per heavy atom. The molecule has 2 unspecified atom stereocenters. The molecule has 1 aliphatic rings. The topological polar surface area (TPSA) is 61.5 Å². The Hall–Kier alpha value is -0.610. The number of carbonyl (C=O) groups excluding carboxylic acids is 1. The van der Waals surface area contributed by atoms with E-state index in [-0.39, 0.29) is 12.1 Å². The highest BCUT2D eigenvalue weighted by atomic mass is 16.6. The largest absolute Gasteiger partial charge is 0.459 e. The molecule has 4 heteroatoms. The number of ether oxygens (including phenoxy) is 2. The number of carbonyl (C=O) groups is 1. The zero-order chi connectivity index (χ0) is 12.3. The van der Waals surface area contributed by atoms with Gasteiger partial charge in [-0.05, 0) is 46.0 Å². The van der Waals surface area contributed by atoms with E-state index in [4.69, 9.17) is 15.2 Å². The van der Waals surface area contributed by atoms with E-state index >= 15 is 0 Å². The van der Waals surface area contributed by atoms with Crippen LogP contribution in [-0.2, 0) is 14.3 Å². The molecule has 1 rings (SSSR count). The summed E-state index contributed by atoms with van der Waals surface area (Å²) < 4.78 is 10.6. The quantitative estimate of drug-likeness (QED) is 0.725. The van der Waals surface area contributed by atoms with Crippen molar-refractivity contribution in [3.8, 4) is 0 Å². The van der Waals surface area contributed by atoms with E-state index in [2.05, 4.69) is 0 Å². The molecule has 1 fully saturated rings. The predicted octanol–water partition coefficient (Wildman–Crippen LogP) is 1.47. The smallest absolute Gasteiger partial charge is 0.323 e. The third kappa shape index (κ3) is 4.49. The molecule has 0 radical (unpaired) electrons. The molecule has 2 N–H and O–H groups in total. The third-order valence-electron chi connectivity index (χ3n) is 2.65. The zero-order valence-corrected chi connectivity index (χ0v) is 10.7. The molecule has 0 bridgehead atoms. The maximum atomic E-state index is 11.7. The van der Waals surface area contributed by atoms with Gasteiger partial charge < -0.3 is 15.2 Å². The fourth-order valence-electron chi connectivity index (χ4n) is 1.67. The lowest BCUT2D eigenvalue weighted by Crippen LogP contribution is -2.40. The average Bonchev–Trinajstić information content (AvgIpc) is 2.94. The Kier molecular flexibility index (Phi) is 4.33. The summed E-state index contributed by atoms with van der Waals surface area (Å²) in [6, 6.07) is -0.579. The van der Waals surface area contributed by atoms with Crippen molar-refractivity contribution in [1.82, 2.24) is 0 Å². The molecule has 1 aliphatic carbocycles. The van der Waals surface area contributed by atoms with Crippen LogP contribution in [-0.4, -0.2) is 30.8 Å². The minimum atomic E-state index is -0.579. The van der Waals surface area contributed by atoms with E-state index in [0.717, 1.165) is 0 Å². The highest BCUT2D eigenvalue weighted by molar-refractivity contribution is 5.75. The summed E-state index contributed by atoms with van der Waals surface area (Å²) in [5, 5.41) is 0. The summed E-state index contributed by atoms with van der Waals surface area (Å²) in [5.41, 5.74) is 5.34. The van der Waals surface area contributed by atoms with Gasteiger partial charge in [0, 0.05) is 7.11 Å². The van der Waals surface area contributed by atoms with Gasteiger partial charge in [0.2, 0.25) is 0 Å². The Morgan fingerprint density at radius 2 is 2.00 bits per heavy atom. The summed E-state index contributed by atoms with van der Waals surface area (Å²) >= 11 is 0. The summed E-state index contributed by atoms with van der Waals surface area (Å²) in [4.78, 5) is 11.7. The van der Waals surface area contributed by atoms with Gasteiger partial charge in [-0.3, -0.25) is 4.79 Å². The third-order valence-corrected chi connectivity index (χ3v) is 2.65. The molecule has 94 valence electrons. The number of esters is 1. The molecular formula is C12H23NO3. The maximum absolute atomic E-state index is 11.7. The van der Waals surface area contributed by atoms with E-state index in [1.807, 2.05) is 20.8 Å². The molecule has 0 aromatic carbocycles. The van der Waals surface area contributed by atoms with Crippen LogP contribution in [0.25, 0.3) is 0 Å². The predicted molar refractivity (Wildman–Crippen MR) is 62.0 cm³/mol. The molecule has 16 heavy (non-hydrogen) atoms. The van der Waals surface area contributed by atoms with Gasteiger partial charge in [0.15, 0.2) is 0 Å². The fourth-order valence-corrected chi connectivity index (χ4v) is 1.67. The highest BCUT2D eigenvalue weighted by Crippen LogP contribution is 2.35. The van der Waals surface area contributed by atoms with Gasteiger partial charge in [-0.15, -0.1) is 0 Å². The fraction of sp³-hybridized carbons (Fsp3) is 0.917. The first-order chi connectivity index (χ1) is 7.33. The molecule has 4 nitrogen and oxygen atoms in total. The van der Waals surface area contributed by atoms with Crippen LogP contribution in [0.1, 0.15) is 40.0 Å². The van der Waals surface area contributed by atoms with E-state index in [1.165, 1.54) is 12.8 Å². The van der Waals surface area contributed by atoms with Crippen LogP contribution in [0.4, 0.5) is 0 Å². The first kappa shape index (κ1) is 13.5. The first-order valence-electron chi connectivity index (χ1n) is 5.84.